The van der Waals surface area contributed by atoms with Crippen molar-refractivity contribution in [1.82, 2.24) is 15.5 Å². The molecule has 1 saturated carbocycles. The van der Waals surface area contributed by atoms with Crippen LogP contribution in [0.1, 0.15) is 43.9 Å². The van der Waals surface area contributed by atoms with Gasteiger partial charge in [0.1, 0.15) is 12.1 Å². The third kappa shape index (κ3) is 2.88. The molecule has 0 spiro atoms. The summed E-state index contributed by atoms with van der Waals surface area (Å²) in [6.07, 6.45) is 1.87. The molecule has 2 aliphatic rings. The number of carbonyl (C=O) groups is 3. The molecule has 1 saturated heterocycles. The summed E-state index contributed by atoms with van der Waals surface area (Å²) >= 11 is 0. The van der Waals surface area contributed by atoms with Crippen LogP contribution in [0.25, 0.3) is 0 Å². The molecule has 1 aromatic carbocycles. The number of nitrogens with one attached hydrogen (secondary N) is 2. The third-order valence-corrected chi connectivity index (χ3v) is 5.03. The van der Waals surface area contributed by atoms with Crippen molar-refractivity contribution in [3.05, 3.63) is 35.4 Å². The van der Waals surface area contributed by atoms with Crippen LogP contribution in [-0.2, 0) is 9.59 Å². The van der Waals surface area contributed by atoms with E-state index in [1.165, 1.54) is 0 Å². The predicted molar refractivity (Wildman–Crippen MR) is 89.1 cm³/mol. The van der Waals surface area contributed by atoms with Crippen LogP contribution in [0.15, 0.2) is 24.3 Å². The lowest BCUT2D eigenvalue weighted by atomic mass is 9.96. The van der Waals surface area contributed by atoms with E-state index >= 15 is 0 Å². The van der Waals surface area contributed by atoms with Crippen molar-refractivity contribution in [2.24, 2.45) is 5.92 Å². The maximum Gasteiger partial charge on any atom is 0.325 e. The molecule has 24 heavy (non-hydrogen) atoms. The number of nitrogens with zero attached hydrogens (tertiary/aromatic N) is 1. The topological polar surface area (TPSA) is 78.5 Å². The van der Waals surface area contributed by atoms with Gasteiger partial charge in [-0.3, -0.25) is 14.5 Å². The van der Waals surface area contributed by atoms with Gasteiger partial charge in [-0.15, -0.1) is 0 Å². The summed E-state index contributed by atoms with van der Waals surface area (Å²) in [5, 5.41) is 5.61. The lowest BCUT2D eigenvalue weighted by molar-refractivity contribution is -0.135. The normalized spacial score (nSPS) is 24.7. The van der Waals surface area contributed by atoms with E-state index in [2.05, 4.69) is 10.6 Å². The number of rotatable bonds is 5. The van der Waals surface area contributed by atoms with Crippen molar-refractivity contribution in [1.29, 1.82) is 0 Å². The van der Waals surface area contributed by atoms with E-state index in [-0.39, 0.29) is 30.3 Å². The molecular weight excluding hydrogens is 306 g/mol. The highest BCUT2D eigenvalue weighted by atomic mass is 16.2. The summed E-state index contributed by atoms with van der Waals surface area (Å²) < 4.78 is 0. The maximum absolute atomic E-state index is 12.5. The number of amides is 4. The van der Waals surface area contributed by atoms with Crippen molar-refractivity contribution in [2.75, 3.05) is 6.54 Å². The van der Waals surface area contributed by atoms with E-state index in [4.69, 9.17) is 0 Å². The molecule has 6 heteroatoms. The molecule has 0 radical (unpaired) electrons. The van der Waals surface area contributed by atoms with Crippen molar-refractivity contribution in [2.45, 2.75) is 45.2 Å². The van der Waals surface area contributed by atoms with Gasteiger partial charge in [0.25, 0.3) is 5.91 Å². The van der Waals surface area contributed by atoms with Crippen LogP contribution in [0, 0.1) is 12.8 Å². The highest BCUT2D eigenvalue weighted by Crippen LogP contribution is 2.42. The number of imide groups is 1. The minimum Gasteiger partial charge on any atom is -0.348 e. The minimum absolute atomic E-state index is 0.186. The average molecular weight is 329 g/mol. The second-order valence-electron chi connectivity index (χ2n) is 6.94. The second kappa shape index (κ2) is 5.92. The van der Waals surface area contributed by atoms with Gasteiger partial charge < -0.3 is 10.6 Å². The lowest BCUT2D eigenvalue weighted by Gasteiger charge is -2.21. The SMILES string of the molecule is Cc1ccccc1C(C)NC(=O)CN1C(=O)NC(C)(C2CC2)C1=O. The second-order valence-corrected chi connectivity index (χ2v) is 6.94. The Morgan fingerprint density at radius 1 is 1.38 bits per heavy atom. The Balaban J connectivity index is 1.64. The summed E-state index contributed by atoms with van der Waals surface area (Å²) in [5.41, 5.74) is 1.26. The van der Waals surface area contributed by atoms with Gasteiger partial charge in [0.15, 0.2) is 0 Å². The van der Waals surface area contributed by atoms with Crippen molar-refractivity contribution >= 4 is 17.8 Å². The Kier molecular flexibility index (Phi) is 4.07. The van der Waals surface area contributed by atoms with Gasteiger partial charge in [0, 0.05) is 0 Å². The number of hydrogen-bond acceptors (Lipinski definition) is 3. The van der Waals surface area contributed by atoms with Crippen molar-refractivity contribution in [3.63, 3.8) is 0 Å². The van der Waals surface area contributed by atoms with Gasteiger partial charge in [-0.05, 0) is 50.7 Å². The van der Waals surface area contributed by atoms with E-state index in [1.807, 2.05) is 38.1 Å². The molecule has 0 aromatic heterocycles. The van der Waals surface area contributed by atoms with Gasteiger partial charge in [0.2, 0.25) is 5.91 Å². The Morgan fingerprint density at radius 2 is 2.04 bits per heavy atom. The number of aryl methyl sites for hydroxylation is 1. The first-order valence-corrected chi connectivity index (χ1v) is 8.32. The molecular formula is C18H23N3O3. The van der Waals surface area contributed by atoms with E-state index in [1.54, 1.807) is 6.92 Å². The smallest absolute Gasteiger partial charge is 0.325 e. The van der Waals surface area contributed by atoms with Gasteiger partial charge in [-0.1, -0.05) is 24.3 Å². The first-order chi connectivity index (χ1) is 11.3. The molecule has 1 heterocycles. The zero-order valence-electron chi connectivity index (χ0n) is 14.3. The zero-order chi connectivity index (χ0) is 17.5. The predicted octanol–water partition coefficient (Wildman–Crippen LogP) is 1.89. The molecule has 2 N–H and O–H groups in total. The molecule has 128 valence electrons. The Morgan fingerprint density at radius 3 is 2.67 bits per heavy atom. The van der Waals surface area contributed by atoms with Crippen LogP contribution in [0.4, 0.5) is 4.79 Å². The standard InChI is InChI=1S/C18H23N3O3/c1-11-6-4-5-7-14(11)12(2)19-15(22)10-21-16(23)18(3,13-8-9-13)20-17(21)24/h4-7,12-13H,8-10H2,1-3H3,(H,19,22)(H,20,24). The fourth-order valence-corrected chi connectivity index (χ4v) is 3.38. The third-order valence-electron chi connectivity index (χ3n) is 5.03. The van der Waals surface area contributed by atoms with Crippen LogP contribution in [0.5, 0.6) is 0 Å². The van der Waals surface area contributed by atoms with Crippen LogP contribution < -0.4 is 10.6 Å². The molecule has 2 unspecified atom stereocenters. The number of benzene rings is 1. The highest BCUT2D eigenvalue weighted by molar-refractivity contribution is 6.09. The molecule has 2 atom stereocenters. The van der Waals surface area contributed by atoms with Crippen LogP contribution in [0.3, 0.4) is 0 Å². The first-order valence-electron chi connectivity index (χ1n) is 8.32. The van der Waals surface area contributed by atoms with E-state index in [9.17, 15) is 14.4 Å². The van der Waals surface area contributed by atoms with Crippen LogP contribution >= 0.6 is 0 Å². The monoisotopic (exact) mass is 329 g/mol. The highest BCUT2D eigenvalue weighted by Gasteiger charge is 2.56. The minimum atomic E-state index is -0.848. The molecule has 2 fully saturated rings. The summed E-state index contributed by atoms with van der Waals surface area (Å²) in [6.45, 7) is 5.37. The Labute approximate surface area is 141 Å². The molecule has 0 bridgehead atoms. The Bertz CT molecular complexity index is 699. The summed E-state index contributed by atoms with van der Waals surface area (Å²) in [7, 11) is 0. The molecule has 1 aromatic rings. The lowest BCUT2D eigenvalue weighted by Crippen LogP contribution is -2.47. The van der Waals surface area contributed by atoms with Gasteiger partial charge in [-0.2, -0.15) is 0 Å². The van der Waals surface area contributed by atoms with Gasteiger partial charge in [0.05, 0.1) is 6.04 Å². The zero-order valence-corrected chi connectivity index (χ0v) is 14.3. The number of hydrogen-bond donors (Lipinski definition) is 2. The van der Waals surface area contributed by atoms with E-state index < -0.39 is 11.6 Å². The van der Waals surface area contributed by atoms with Crippen molar-refractivity contribution < 1.29 is 14.4 Å². The number of carbonyl (C=O) groups excluding carboxylic acids is 3. The summed E-state index contributed by atoms with van der Waals surface area (Å²) in [5.74, 6) is -0.448. The summed E-state index contributed by atoms with van der Waals surface area (Å²) in [4.78, 5) is 37.9. The van der Waals surface area contributed by atoms with Gasteiger partial charge >= 0.3 is 6.03 Å². The fourth-order valence-electron chi connectivity index (χ4n) is 3.38. The number of urea groups is 1. The Hall–Kier alpha value is -2.37. The van der Waals surface area contributed by atoms with Crippen molar-refractivity contribution in [3.8, 4) is 0 Å². The summed E-state index contributed by atoms with van der Waals surface area (Å²) in [6, 6.07) is 7.14. The maximum atomic E-state index is 12.5. The molecule has 1 aliphatic heterocycles. The average Bonchev–Trinajstić information content (AvgIpc) is 3.34. The molecule has 6 nitrogen and oxygen atoms in total. The molecule has 1 aliphatic carbocycles. The molecule has 4 amide bonds. The van der Waals surface area contributed by atoms with E-state index in [0.29, 0.717) is 0 Å². The molecule has 3 rings (SSSR count). The first kappa shape index (κ1) is 16.5. The van der Waals surface area contributed by atoms with Crippen LogP contribution in [-0.4, -0.2) is 34.8 Å². The quantitative estimate of drug-likeness (QED) is 0.810. The fraction of sp³-hybridized carbons (Fsp3) is 0.500. The van der Waals surface area contributed by atoms with E-state index in [0.717, 1.165) is 28.9 Å². The van der Waals surface area contributed by atoms with Gasteiger partial charge in [-0.25, -0.2) is 4.79 Å². The van der Waals surface area contributed by atoms with Crippen LogP contribution in [0.2, 0.25) is 0 Å². The largest absolute Gasteiger partial charge is 0.348 e.